The van der Waals surface area contributed by atoms with Crippen molar-refractivity contribution in [1.82, 2.24) is 20.4 Å². The quantitative estimate of drug-likeness (QED) is 0.430. The van der Waals surface area contributed by atoms with Crippen molar-refractivity contribution in [2.75, 3.05) is 20.2 Å². The maximum Gasteiger partial charge on any atom is 0.227 e. The molecule has 0 spiro atoms. The van der Waals surface area contributed by atoms with Crippen LogP contribution in [-0.2, 0) is 21.5 Å². The van der Waals surface area contributed by atoms with Gasteiger partial charge in [0.25, 0.3) is 0 Å². The van der Waals surface area contributed by atoms with Gasteiger partial charge >= 0.3 is 0 Å². The molecule has 0 bridgehead atoms. The smallest absolute Gasteiger partial charge is 0.227 e. The van der Waals surface area contributed by atoms with E-state index in [-0.39, 0.29) is 11.8 Å². The summed E-state index contributed by atoms with van der Waals surface area (Å²) >= 11 is 0. The number of hydrogen-bond donors (Lipinski definition) is 1. The molecule has 0 atom stereocenters. The van der Waals surface area contributed by atoms with E-state index >= 15 is 0 Å². The van der Waals surface area contributed by atoms with E-state index < -0.39 is 5.54 Å². The first-order chi connectivity index (χ1) is 15.9. The van der Waals surface area contributed by atoms with Crippen molar-refractivity contribution >= 4 is 11.8 Å². The number of carbonyl (C=O) groups is 2. The van der Waals surface area contributed by atoms with Crippen molar-refractivity contribution in [3.05, 3.63) is 41.5 Å². The number of nitrogens with zero attached hydrogens (tertiary/aromatic N) is 3. The molecule has 1 aliphatic rings. The van der Waals surface area contributed by atoms with E-state index in [0.717, 1.165) is 56.3 Å². The van der Waals surface area contributed by atoms with Crippen LogP contribution >= 0.6 is 0 Å². The number of amides is 2. The molecule has 0 saturated heterocycles. The van der Waals surface area contributed by atoms with Gasteiger partial charge in [-0.1, -0.05) is 49.0 Å². The summed E-state index contributed by atoms with van der Waals surface area (Å²) in [4.78, 5) is 30.7. The van der Waals surface area contributed by atoms with Crippen molar-refractivity contribution in [2.24, 2.45) is 0 Å². The Morgan fingerprint density at radius 3 is 2.61 bits per heavy atom. The second-order valence-corrected chi connectivity index (χ2v) is 8.97. The molecule has 1 N–H and O–H groups in total. The fourth-order valence-electron chi connectivity index (χ4n) is 4.36. The molecule has 1 fully saturated rings. The van der Waals surface area contributed by atoms with Crippen LogP contribution in [0.1, 0.15) is 75.6 Å². The Hall–Kier alpha value is -2.90. The minimum Gasteiger partial charge on any atom is -0.493 e. The molecule has 3 rings (SSSR count). The van der Waals surface area contributed by atoms with Crippen molar-refractivity contribution in [1.29, 1.82) is 0 Å². The molecule has 0 aliphatic heterocycles. The van der Waals surface area contributed by atoms with E-state index in [1.54, 1.807) is 11.9 Å². The largest absolute Gasteiger partial charge is 0.493 e. The van der Waals surface area contributed by atoms with Gasteiger partial charge < -0.3 is 19.5 Å². The van der Waals surface area contributed by atoms with Gasteiger partial charge in [-0.2, -0.15) is 4.98 Å². The summed E-state index contributed by atoms with van der Waals surface area (Å²) in [7, 11) is 1.80. The van der Waals surface area contributed by atoms with Gasteiger partial charge in [-0.3, -0.25) is 9.59 Å². The SMILES string of the molecule is CC(=O)NC1(c2noc(CCC(=O)N(C)CCCOc3ccccc3C)n2)CCCCCC1. The molecule has 180 valence electrons. The Morgan fingerprint density at radius 1 is 1.18 bits per heavy atom. The summed E-state index contributed by atoms with van der Waals surface area (Å²) < 4.78 is 11.3. The lowest BCUT2D eigenvalue weighted by Gasteiger charge is -2.30. The molecule has 0 unspecified atom stereocenters. The minimum atomic E-state index is -0.567. The Balaban J connectivity index is 1.47. The van der Waals surface area contributed by atoms with Crippen LogP contribution in [0.5, 0.6) is 5.75 Å². The summed E-state index contributed by atoms with van der Waals surface area (Å²) in [5.41, 5.74) is 0.534. The Bertz CT molecular complexity index is 919. The van der Waals surface area contributed by atoms with E-state index in [1.165, 1.54) is 6.92 Å². The number of para-hydroxylation sites is 1. The first kappa shape index (κ1) is 24.7. The molecule has 8 nitrogen and oxygen atoms in total. The summed E-state index contributed by atoms with van der Waals surface area (Å²) in [6, 6.07) is 7.90. The van der Waals surface area contributed by atoms with Crippen LogP contribution in [0.2, 0.25) is 0 Å². The fraction of sp³-hybridized carbons (Fsp3) is 0.600. The number of ether oxygens (including phenoxy) is 1. The van der Waals surface area contributed by atoms with Gasteiger partial charge in [0.05, 0.1) is 6.61 Å². The summed E-state index contributed by atoms with van der Waals surface area (Å²) in [6.07, 6.45) is 7.35. The molecule has 33 heavy (non-hydrogen) atoms. The Morgan fingerprint density at radius 2 is 1.91 bits per heavy atom. The number of hydrogen-bond acceptors (Lipinski definition) is 6. The first-order valence-electron chi connectivity index (χ1n) is 11.9. The standard InChI is InChI=1S/C25H36N4O4/c1-19-11-6-7-12-21(19)32-18-10-17-29(3)23(31)14-13-22-26-24(28-33-22)25(27-20(2)30)15-8-4-5-9-16-25/h6-7,11-12H,4-5,8-10,13-18H2,1-3H3,(H,27,30). The van der Waals surface area contributed by atoms with Gasteiger partial charge in [-0.25, -0.2) is 0 Å². The predicted octanol–water partition coefficient (Wildman–Crippen LogP) is 3.92. The molecule has 2 aromatic rings. The molecule has 0 radical (unpaired) electrons. The average molecular weight is 457 g/mol. The van der Waals surface area contributed by atoms with Crippen molar-refractivity contribution in [3.8, 4) is 5.75 Å². The highest BCUT2D eigenvalue weighted by Gasteiger charge is 2.38. The number of aromatic nitrogens is 2. The monoisotopic (exact) mass is 456 g/mol. The summed E-state index contributed by atoms with van der Waals surface area (Å²) in [5.74, 6) is 1.78. The lowest BCUT2D eigenvalue weighted by molar-refractivity contribution is -0.130. The molecular formula is C25H36N4O4. The van der Waals surface area contributed by atoms with Crippen LogP contribution in [-0.4, -0.2) is 47.1 Å². The third-order valence-electron chi connectivity index (χ3n) is 6.24. The topological polar surface area (TPSA) is 97.6 Å². The van der Waals surface area contributed by atoms with Crippen LogP contribution in [0.25, 0.3) is 0 Å². The molecule has 2 amide bonds. The zero-order valence-corrected chi connectivity index (χ0v) is 20.1. The van der Waals surface area contributed by atoms with E-state index in [0.29, 0.717) is 37.7 Å². The first-order valence-corrected chi connectivity index (χ1v) is 11.9. The second kappa shape index (κ2) is 11.8. The van der Waals surface area contributed by atoms with Gasteiger partial charge in [0.1, 0.15) is 11.3 Å². The van der Waals surface area contributed by atoms with Gasteiger partial charge in [0, 0.05) is 33.4 Å². The van der Waals surface area contributed by atoms with Crippen molar-refractivity contribution in [2.45, 2.75) is 77.2 Å². The number of carbonyl (C=O) groups excluding carboxylic acids is 2. The normalized spacial score (nSPS) is 15.5. The summed E-state index contributed by atoms with van der Waals surface area (Å²) in [6.45, 7) is 4.71. The average Bonchev–Trinajstić information content (AvgIpc) is 3.15. The predicted molar refractivity (Wildman–Crippen MR) is 125 cm³/mol. The zero-order valence-electron chi connectivity index (χ0n) is 20.1. The molecule has 1 aromatic carbocycles. The van der Waals surface area contributed by atoms with Crippen LogP contribution in [0.15, 0.2) is 28.8 Å². The van der Waals surface area contributed by atoms with Crippen LogP contribution < -0.4 is 10.1 Å². The lowest BCUT2D eigenvalue weighted by Crippen LogP contribution is -2.45. The molecule has 1 saturated carbocycles. The van der Waals surface area contributed by atoms with E-state index in [9.17, 15) is 9.59 Å². The highest BCUT2D eigenvalue weighted by molar-refractivity contribution is 5.76. The Kier molecular flexibility index (Phi) is 8.86. The third-order valence-corrected chi connectivity index (χ3v) is 6.24. The zero-order chi connectivity index (χ0) is 23.7. The van der Waals surface area contributed by atoms with Crippen LogP contribution in [0.4, 0.5) is 0 Å². The van der Waals surface area contributed by atoms with Crippen molar-refractivity contribution < 1.29 is 18.8 Å². The molecular weight excluding hydrogens is 420 g/mol. The maximum absolute atomic E-state index is 12.5. The number of nitrogens with one attached hydrogen (secondary N) is 1. The number of aryl methyl sites for hydroxylation is 2. The molecule has 8 heteroatoms. The van der Waals surface area contributed by atoms with Crippen LogP contribution in [0.3, 0.4) is 0 Å². The minimum absolute atomic E-state index is 0.0247. The van der Waals surface area contributed by atoms with Crippen molar-refractivity contribution in [3.63, 3.8) is 0 Å². The van der Waals surface area contributed by atoms with Gasteiger partial charge in [0.2, 0.25) is 17.7 Å². The number of rotatable bonds is 10. The highest BCUT2D eigenvalue weighted by Crippen LogP contribution is 2.34. The highest BCUT2D eigenvalue weighted by atomic mass is 16.5. The molecule has 1 aliphatic carbocycles. The van der Waals surface area contributed by atoms with E-state index in [4.69, 9.17) is 9.26 Å². The fourth-order valence-corrected chi connectivity index (χ4v) is 4.36. The third kappa shape index (κ3) is 7.04. The Labute approximate surface area is 196 Å². The van der Waals surface area contributed by atoms with Gasteiger partial charge in [-0.15, -0.1) is 0 Å². The molecule has 1 aromatic heterocycles. The number of benzene rings is 1. The van der Waals surface area contributed by atoms with Gasteiger partial charge in [-0.05, 0) is 37.8 Å². The van der Waals surface area contributed by atoms with E-state index in [1.807, 2.05) is 31.2 Å². The maximum atomic E-state index is 12.5. The van der Waals surface area contributed by atoms with Gasteiger partial charge in [0.15, 0.2) is 5.82 Å². The molecule has 1 heterocycles. The lowest BCUT2D eigenvalue weighted by atomic mass is 9.89. The van der Waals surface area contributed by atoms with E-state index in [2.05, 4.69) is 15.5 Å². The second-order valence-electron chi connectivity index (χ2n) is 8.97. The summed E-state index contributed by atoms with van der Waals surface area (Å²) in [5, 5.41) is 7.26. The van der Waals surface area contributed by atoms with Crippen LogP contribution in [0, 0.1) is 6.92 Å².